The second-order valence-electron chi connectivity index (χ2n) is 3.74. The topological polar surface area (TPSA) is 21.3 Å². The molecule has 0 aromatic heterocycles. The smallest absolute Gasteiger partial charge is 0.0693 e. The highest BCUT2D eigenvalue weighted by atomic mass is 16.5. The van der Waals surface area contributed by atoms with Crippen molar-refractivity contribution in [3.8, 4) is 0 Å². The van der Waals surface area contributed by atoms with Crippen LogP contribution in [-0.4, -0.2) is 25.8 Å². The van der Waals surface area contributed by atoms with Crippen LogP contribution in [0.5, 0.6) is 0 Å². The molecule has 1 N–H and O–H groups in total. The summed E-state index contributed by atoms with van der Waals surface area (Å²) in [5.74, 6) is 0. The molecule has 80 valence electrons. The van der Waals surface area contributed by atoms with E-state index in [1.165, 1.54) is 25.7 Å². The van der Waals surface area contributed by atoms with Crippen molar-refractivity contribution < 1.29 is 4.74 Å². The SMILES string of the molecule is CCCCCCNC(C)C(C)OC. The second kappa shape index (κ2) is 8.52. The Morgan fingerprint density at radius 3 is 2.38 bits per heavy atom. The number of unbranched alkanes of at least 4 members (excludes halogenated alkanes) is 3. The minimum atomic E-state index is 0.311. The van der Waals surface area contributed by atoms with Crippen molar-refractivity contribution in [3.63, 3.8) is 0 Å². The van der Waals surface area contributed by atoms with E-state index in [0.717, 1.165) is 6.54 Å². The van der Waals surface area contributed by atoms with Crippen molar-refractivity contribution in [2.24, 2.45) is 0 Å². The van der Waals surface area contributed by atoms with Gasteiger partial charge < -0.3 is 10.1 Å². The zero-order valence-electron chi connectivity index (χ0n) is 9.60. The maximum atomic E-state index is 5.23. The van der Waals surface area contributed by atoms with Gasteiger partial charge in [0.25, 0.3) is 0 Å². The molecule has 0 bridgehead atoms. The number of hydrogen-bond donors (Lipinski definition) is 1. The van der Waals surface area contributed by atoms with Gasteiger partial charge in [-0.2, -0.15) is 0 Å². The fourth-order valence-corrected chi connectivity index (χ4v) is 1.25. The first-order chi connectivity index (χ1) is 6.22. The molecule has 2 heteroatoms. The van der Waals surface area contributed by atoms with E-state index in [0.29, 0.717) is 12.1 Å². The lowest BCUT2D eigenvalue weighted by Crippen LogP contribution is -2.37. The third kappa shape index (κ3) is 7.03. The minimum absolute atomic E-state index is 0.311. The first kappa shape index (κ1) is 12.9. The number of rotatable bonds is 8. The largest absolute Gasteiger partial charge is 0.380 e. The Morgan fingerprint density at radius 1 is 1.15 bits per heavy atom. The van der Waals surface area contributed by atoms with E-state index in [1.807, 2.05) is 0 Å². The van der Waals surface area contributed by atoms with Gasteiger partial charge >= 0.3 is 0 Å². The van der Waals surface area contributed by atoms with Crippen LogP contribution in [0.2, 0.25) is 0 Å². The van der Waals surface area contributed by atoms with Crippen LogP contribution >= 0.6 is 0 Å². The third-order valence-electron chi connectivity index (χ3n) is 2.57. The lowest BCUT2D eigenvalue weighted by Gasteiger charge is -2.19. The van der Waals surface area contributed by atoms with Gasteiger partial charge in [0.1, 0.15) is 0 Å². The number of nitrogens with one attached hydrogen (secondary N) is 1. The summed E-state index contributed by atoms with van der Waals surface area (Å²) in [7, 11) is 1.76. The highest BCUT2D eigenvalue weighted by Crippen LogP contribution is 1.99. The number of hydrogen-bond acceptors (Lipinski definition) is 2. The van der Waals surface area contributed by atoms with Crippen LogP contribution in [0.3, 0.4) is 0 Å². The highest BCUT2D eigenvalue weighted by Gasteiger charge is 2.08. The molecule has 0 fully saturated rings. The summed E-state index contributed by atoms with van der Waals surface area (Å²) in [6.07, 6.45) is 5.61. The van der Waals surface area contributed by atoms with Gasteiger partial charge in [-0.05, 0) is 26.8 Å². The van der Waals surface area contributed by atoms with Crippen molar-refractivity contribution in [3.05, 3.63) is 0 Å². The van der Waals surface area contributed by atoms with Crippen molar-refractivity contribution in [2.45, 2.75) is 58.6 Å². The summed E-state index contributed by atoms with van der Waals surface area (Å²) >= 11 is 0. The Bertz CT molecular complexity index is 106. The van der Waals surface area contributed by atoms with Crippen LogP contribution < -0.4 is 5.32 Å². The fraction of sp³-hybridized carbons (Fsp3) is 1.00. The van der Waals surface area contributed by atoms with Crippen LogP contribution in [0.4, 0.5) is 0 Å². The summed E-state index contributed by atoms with van der Waals surface area (Å²) in [5.41, 5.74) is 0. The summed E-state index contributed by atoms with van der Waals surface area (Å²) < 4.78 is 5.23. The summed E-state index contributed by atoms with van der Waals surface area (Å²) in [6, 6.07) is 0.464. The Kier molecular flexibility index (Phi) is 8.46. The Labute approximate surface area is 83.1 Å². The van der Waals surface area contributed by atoms with Crippen LogP contribution in [0.1, 0.15) is 46.5 Å². The molecule has 0 aromatic carbocycles. The maximum Gasteiger partial charge on any atom is 0.0693 e. The molecule has 2 nitrogen and oxygen atoms in total. The summed E-state index contributed by atoms with van der Waals surface area (Å²) in [4.78, 5) is 0. The van der Waals surface area contributed by atoms with Crippen molar-refractivity contribution in [1.82, 2.24) is 5.32 Å². The van der Waals surface area contributed by atoms with Crippen LogP contribution in [0.25, 0.3) is 0 Å². The summed E-state index contributed by atoms with van der Waals surface area (Å²) in [6.45, 7) is 7.63. The molecule has 0 aliphatic rings. The fourth-order valence-electron chi connectivity index (χ4n) is 1.25. The number of methoxy groups -OCH3 is 1. The van der Waals surface area contributed by atoms with Gasteiger partial charge in [-0.15, -0.1) is 0 Å². The normalized spacial score (nSPS) is 15.7. The van der Waals surface area contributed by atoms with E-state index in [9.17, 15) is 0 Å². The molecular weight excluding hydrogens is 162 g/mol. The minimum Gasteiger partial charge on any atom is -0.380 e. The monoisotopic (exact) mass is 187 g/mol. The third-order valence-corrected chi connectivity index (χ3v) is 2.57. The van der Waals surface area contributed by atoms with E-state index < -0.39 is 0 Å². The molecule has 0 aliphatic heterocycles. The van der Waals surface area contributed by atoms with Crippen LogP contribution in [0.15, 0.2) is 0 Å². The molecule has 0 rings (SSSR count). The molecule has 0 saturated heterocycles. The van der Waals surface area contributed by atoms with Gasteiger partial charge in [0.05, 0.1) is 6.10 Å². The van der Waals surface area contributed by atoms with E-state index in [4.69, 9.17) is 4.74 Å². The van der Waals surface area contributed by atoms with Crippen molar-refractivity contribution >= 4 is 0 Å². The molecule has 0 radical (unpaired) electrons. The van der Waals surface area contributed by atoms with Crippen LogP contribution in [0, 0.1) is 0 Å². The number of ether oxygens (including phenoxy) is 1. The quantitative estimate of drug-likeness (QED) is 0.590. The lowest BCUT2D eigenvalue weighted by molar-refractivity contribution is 0.0887. The first-order valence-electron chi connectivity index (χ1n) is 5.48. The molecule has 2 unspecified atom stereocenters. The average Bonchev–Trinajstić information content (AvgIpc) is 2.16. The molecule has 0 heterocycles. The van der Waals surface area contributed by atoms with Crippen LogP contribution in [-0.2, 0) is 4.74 Å². The molecule has 0 saturated carbocycles. The Morgan fingerprint density at radius 2 is 1.85 bits per heavy atom. The Hall–Kier alpha value is -0.0800. The second-order valence-corrected chi connectivity index (χ2v) is 3.74. The molecule has 13 heavy (non-hydrogen) atoms. The highest BCUT2D eigenvalue weighted by molar-refractivity contribution is 4.67. The zero-order chi connectivity index (χ0) is 10.1. The van der Waals surface area contributed by atoms with Crippen molar-refractivity contribution in [2.75, 3.05) is 13.7 Å². The lowest BCUT2D eigenvalue weighted by atomic mass is 10.2. The molecule has 0 spiro atoms. The predicted molar refractivity (Wildman–Crippen MR) is 58.1 cm³/mol. The first-order valence-corrected chi connectivity index (χ1v) is 5.48. The van der Waals surface area contributed by atoms with Gasteiger partial charge in [-0.1, -0.05) is 26.2 Å². The van der Waals surface area contributed by atoms with Gasteiger partial charge in [0.2, 0.25) is 0 Å². The molecule has 0 aromatic rings. The van der Waals surface area contributed by atoms with E-state index >= 15 is 0 Å². The van der Waals surface area contributed by atoms with E-state index in [1.54, 1.807) is 7.11 Å². The maximum absolute atomic E-state index is 5.23. The summed E-state index contributed by atoms with van der Waals surface area (Å²) in [5, 5.41) is 3.47. The van der Waals surface area contributed by atoms with Gasteiger partial charge in [0.15, 0.2) is 0 Å². The van der Waals surface area contributed by atoms with E-state index in [2.05, 4.69) is 26.1 Å². The van der Waals surface area contributed by atoms with Gasteiger partial charge in [-0.3, -0.25) is 0 Å². The molecule has 0 amide bonds. The van der Waals surface area contributed by atoms with Gasteiger partial charge in [-0.25, -0.2) is 0 Å². The van der Waals surface area contributed by atoms with Crippen molar-refractivity contribution in [1.29, 1.82) is 0 Å². The van der Waals surface area contributed by atoms with E-state index in [-0.39, 0.29) is 0 Å². The average molecular weight is 187 g/mol. The Balaban J connectivity index is 3.21. The standard InChI is InChI=1S/C11H25NO/c1-5-6-7-8-9-12-10(2)11(3)13-4/h10-12H,5-9H2,1-4H3. The molecular formula is C11H25NO. The zero-order valence-corrected chi connectivity index (χ0v) is 9.60. The molecule has 2 atom stereocenters. The predicted octanol–water partition coefficient (Wildman–Crippen LogP) is 2.58. The molecule has 0 aliphatic carbocycles. The van der Waals surface area contributed by atoms with Gasteiger partial charge in [0, 0.05) is 13.2 Å².